The monoisotopic (exact) mass is 295 g/mol. The number of benzene rings is 1. The number of fused-ring (bicyclic) bond motifs is 1. The number of hydrogen-bond donors (Lipinski definition) is 1. The molecule has 0 spiro atoms. The summed E-state index contributed by atoms with van der Waals surface area (Å²) in [4.78, 5) is 16.7. The number of imidazole rings is 1. The van der Waals surface area contributed by atoms with Gasteiger partial charge in [0.1, 0.15) is 5.82 Å². The third-order valence-electron chi connectivity index (χ3n) is 3.44. The Bertz CT molecular complexity index is 795. The van der Waals surface area contributed by atoms with Crippen LogP contribution in [0.1, 0.15) is 36.1 Å². The molecule has 22 heavy (non-hydrogen) atoms. The minimum Gasteiger partial charge on any atom is -0.345 e. The number of carbonyl (C=O) groups excluding carboxylic acids is 1. The molecular formula is C16H17N5O. The molecule has 3 rings (SSSR count). The van der Waals surface area contributed by atoms with Crippen molar-refractivity contribution in [2.45, 2.75) is 26.4 Å². The molecule has 0 aliphatic rings. The highest BCUT2D eigenvalue weighted by Gasteiger charge is 2.14. The zero-order valence-electron chi connectivity index (χ0n) is 12.5. The molecule has 3 aromatic rings. The SMILES string of the molecule is CC(C)n1c(CNC(=O)c2ccnnc2)nc2ccccc21. The Kier molecular flexibility index (Phi) is 3.82. The van der Waals surface area contributed by atoms with E-state index in [1.165, 1.54) is 12.4 Å². The first-order valence-corrected chi connectivity index (χ1v) is 7.17. The topological polar surface area (TPSA) is 72.7 Å². The van der Waals surface area contributed by atoms with Crippen LogP contribution in [0.2, 0.25) is 0 Å². The fraction of sp³-hybridized carbons (Fsp3) is 0.250. The van der Waals surface area contributed by atoms with Crippen LogP contribution in [-0.2, 0) is 6.54 Å². The van der Waals surface area contributed by atoms with Gasteiger partial charge in [0.15, 0.2) is 0 Å². The van der Waals surface area contributed by atoms with Gasteiger partial charge in [-0.15, -0.1) is 0 Å². The molecule has 0 unspecified atom stereocenters. The summed E-state index contributed by atoms with van der Waals surface area (Å²) >= 11 is 0. The van der Waals surface area contributed by atoms with Gasteiger partial charge in [-0.25, -0.2) is 4.98 Å². The van der Waals surface area contributed by atoms with Gasteiger partial charge in [-0.2, -0.15) is 10.2 Å². The predicted octanol–water partition coefficient (Wildman–Crippen LogP) is 2.34. The van der Waals surface area contributed by atoms with Crippen molar-refractivity contribution in [1.82, 2.24) is 25.1 Å². The van der Waals surface area contributed by atoms with Crippen LogP contribution in [0.25, 0.3) is 11.0 Å². The number of amides is 1. The Labute approximate surface area is 128 Å². The number of nitrogens with one attached hydrogen (secondary N) is 1. The van der Waals surface area contributed by atoms with Crippen molar-refractivity contribution in [3.05, 3.63) is 54.1 Å². The van der Waals surface area contributed by atoms with Gasteiger partial charge in [-0.05, 0) is 32.0 Å². The van der Waals surface area contributed by atoms with Crippen molar-refractivity contribution in [3.63, 3.8) is 0 Å². The normalized spacial score (nSPS) is 11.0. The van der Waals surface area contributed by atoms with E-state index in [1.807, 2.05) is 24.3 Å². The lowest BCUT2D eigenvalue weighted by molar-refractivity contribution is 0.0948. The van der Waals surface area contributed by atoms with E-state index in [4.69, 9.17) is 0 Å². The number of para-hydroxylation sites is 2. The van der Waals surface area contributed by atoms with Crippen LogP contribution in [-0.4, -0.2) is 25.7 Å². The quantitative estimate of drug-likeness (QED) is 0.802. The minimum absolute atomic E-state index is 0.183. The third kappa shape index (κ3) is 2.67. The van der Waals surface area contributed by atoms with E-state index in [-0.39, 0.29) is 11.9 Å². The Morgan fingerprint density at radius 3 is 2.77 bits per heavy atom. The highest BCUT2D eigenvalue weighted by Crippen LogP contribution is 2.20. The van der Waals surface area contributed by atoms with Crippen LogP contribution in [0.3, 0.4) is 0 Å². The van der Waals surface area contributed by atoms with E-state index in [1.54, 1.807) is 6.07 Å². The van der Waals surface area contributed by atoms with Gasteiger partial charge in [0, 0.05) is 6.04 Å². The first kappa shape index (κ1) is 14.2. The van der Waals surface area contributed by atoms with E-state index in [2.05, 4.69) is 38.9 Å². The lowest BCUT2D eigenvalue weighted by atomic mass is 10.3. The Morgan fingerprint density at radius 1 is 1.23 bits per heavy atom. The largest absolute Gasteiger partial charge is 0.345 e. The van der Waals surface area contributed by atoms with E-state index in [0.29, 0.717) is 12.1 Å². The van der Waals surface area contributed by atoms with Gasteiger partial charge < -0.3 is 9.88 Å². The summed E-state index contributed by atoms with van der Waals surface area (Å²) in [6, 6.07) is 9.88. The first-order valence-electron chi connectivity index (χ1n) is 7.17. The zero-order chi connectivity index (χ0) is 15.5. The molecule has 0 saturated heterocycles. The molecule has 2 aromatic heterocycles. The van der Waals surface area contributed by atoms with E-state index >= 15 is 0 Å². The van der Waals surface area contributed by atoms with E-state index in [9.17, 15) is 4.79 Å². The maximum absolute atomic E-state index is 12.1. The second-order valence-electron chi connectivity index (χ2n) is 5.29. The van der Waals surface area contributed by atoms with Crippen LogP contribution in [0.4, 0.5) is 0 Å². The molecule has 6 heteroatoms. The first-order chi connectivity index (χ1) is 10.7. The lowest BCUT2D eigenvalue weighted by Gasteiger charge is -2.13. The number of aromatic nitrogens is 4. The van der Waals surface area contributed by atoms with Crippen molar-refractivity contribution in [1.29, 1.82) is 0 Å². The van der Waals surface area contributed by atoms with Crippen LogP contribution in [0, 0.1) is 0 Å². The Hall–Kier alpha value is -2.76. The fourth-order valence-corrected chi connectivity index (χ4v) is 2.48. The van der Waals surface area contributed by atoms with Crippen LogP contribution >= 0.6 is 0 Å². The van der Waals surface area contributed by atoms with Gasteiger partial charge in [-0.1, -0.05) is 12.1 Å². The lowest BCUT2D eigenvalue weighted by Crippen LogP contribution is -2.25. The second kappa shape index (κ2) is 5.93. The minimum atomic E-state index is -0.183. The summed E-state index contributed by atoms with van der Waals surface area (Å²) in [6.07, 6.45) is 2.94. The molecule has 1 N–H and O–H groups in total. The molecule has 0 aliphatic carbocycles. The summed E-state index contributed by atoms with van der Waals surface area (Å²) in [5.41, 5.74) is 2.50. The number of nitrogens with zero attached hydrogens (tertiary/aromatic N) is 4. The van der Waals surface area contributed by atoms with Gasteiger partial charge in [0.2, 0.25) is 0 Å². The van der Waals surface area contributed by atoms with Gasteiger partial charge in [0.25, 0.3) is 5.91 Å². The summed E-state index contributed by atoms with van der Waals surface area (Å²) in [6.45, 7) is 4.58. The molecule has 0 aliphatic heterocycles. The van der Waals surface area contributed by atoms with Crippen LogP contribution in [0.5, 0.6) is 0 Å². The predicted molar refractivity (Wildman–Crippen MR) is 83.3 cm³/mol. The van der Waals surface area contributed by atoms with Gasteiger partial charge in [-0.3, -0.25) is 4.79 Å². The fourth-order valence-electron chi connectivity index (χ4n) is 2.48. The highest BCUT2D eigenvalue weighted by atomic mass is 16.1. The summed E-state index contributed by atoms with van der Waals surface area (Å²) < 4.78 is 2.14. The molecule has 0 fully saturated rings. The van der Waals surface area contributed by atoms with Gasteiger partial charge >= 0.3 is 0 Å². The molecule has 2 heterocycles. The average molecular weight is 295 g/mol. The molecule has 1 amide bonds. The standard InChI is InChI=1S/C16H17N5O/c1-11(2)21-14-6-4-3-5-13(14)20-15(21)10-17-16(22)12-7-8-18-19-9-12/h3-9,11H,10H2,1-2H3,(H,17,22). The summed E-state index contributed by atoms with van der Waals surface area (Å²) in [7, 11) is 0. The molecule has 6 nitrogen and oxygen atoms in total. The van der Waals surface area contributed by atoms with E-state index in [0.717, 1.165) is 16.9 Å². The molecule has 0 bridgehead atoms. The molecule has 1 aromatic carbocycles. The molecule has 0 saturated carbocycles. The van der Waals surface area contributed by atoms with Crippen molar-refractivity contribution in [3.8, 4) is 0 Å². The van der Waals surface area contributed by atoms with Crippen LogP contribution in [0.15, 0.2) is 42.7 Å². The van der Waals surface area contributed by atoms with Crippen LogP contribution < -0.4 is 5.32 Å². The second-order valence-corrected chi connectivity index (χ2v) is 5.29. The maximum Gasteiger partial charge on any atom is 0.253 e. The number of carbonyl (C=O) groups is 1. The zero-order valence-corrected chi connectivity index (χ0v) is 12.5. The molecule has 112 valence electrons. The molecular weight excluding hydrogens is 278 g/mol. The van der Waals surface area contributed by atoms with Gasteiger partial charge in [0.05, 0.1) is 35.5 Å². The highest BCUT2D eigenvalue weighted by molar-refractivity contribution is 5.93. The van der Waals surface area contributed by atoms with Crippen molar-refractivity contribution >= 4 is 16.9 Å². The smallest absolute Gasteiger partial charge is 0.253 e. The number of rotatable bonds is 4. The van der Waals surface area contributed by atoms with Crippen molar-refractivity contribution in [2.24, 2.45) is 0 Å². The van der Waals surface area contributed by atoms with Crippen molar-refractivity contribution in [2.75, 3.05) is 0 Å². The summed E-state index contributed by atoms with van der Waals surface area (Å²) in [5, 5.41) is 10.3. The molecule has 0 atom stereocenters. The van der Waals surface area contributed by atoms with Crippen molar-refractivity contribution < 1.29 is 4.79 Å². The molecule has 0 radical (unpaired) electrons. The average Bonchev–Trinajstić information content (AvgIpc) is 2.92. The Morgan fingerprint density at radius 2 is 2.05 bits per heavy atom. The third-order valence-corrected chi connectivity index (χ3v) is 3.44. The maximum atomic E-state index is 12.1. The number of hydrogen-bond acceptors (Lipinski definition) is 4. The Balaban J connectivity index is 1.85. The summed E-state index contributed by atoms with van der Waals surface area (Å²) in [5.74, 6) is 0.656. The van der Waals surface area contributed by atoms with E-state index < -0.39 is 0 Å².